The van der Waals surface area contributed by atoms with E-state index in [1.54, 1.807) is 6.26 Å². The van der Waals surface area contributed by atoms with Crippen molar-refractivity contribution in [1.82, 2.24) is 0 Å². The van der Waals surface area contributed by atoms with Crippen LogP contribution in [0.2, 0.25) is 0 Å². The summed E-state index contributed by atoms with van der Waals surface area (Å²) in [5.74, 6) is 0. The smallest absolute Gasteiger partial charge is 0.145 e. The van der Waals surface area contributed by atoms with Crippen molar-refractivity contribution in [1.29, 1.82) is 0 Å². The molecule has 0 unspecified atom stereocenters. The molecule has 0 amide bonds. The molecule has 2 nitrogen and oxygen atoms in total. The molecular weight excluding hydrogens is 512 g/mol. The van der Waals surface area contributed by atoms with Crippen LogP contribution in [-0.2, 0) is 0 Å². The van der Waals surface area contributed by atoms with Gasteiger partial charge in [-0.15, -0.1) is 0 Å². The lowest BCUT2D eigenvalue weighted by Crippen LogP contribution is -1.91. The number of furan rings is 2. The van der Waals surface area contributed by atoms with Crippen molar-refractivity contribution in [2.45, 2.75) is 0 Å². The van der Waals surface area contributed by atoms with Gasteiger partial charge in [-0.2, -0.15) is 0 Å². The maximum atomic E-state index is 6.40. The van der Waals surface area contributed by atoms with Crippen LogP contribution in [0.15, 0.2) is 155 Å². The third kappa shape index (κ3) is 3.33. The average molecular weight is 537 g/mol. The molecular formula is C40H24O2. The molecule has 7 aromatic carbocycles. The van der Waals surface area contributed by atoms with Gasteiger partial charge in [0.1, 0.15) is 16.7 Å². The molecule has 0 aliphatic rings. The van der Waals surface area contributed by atoms with Gasteiger partial charge >= 0.3 is 0 Å². The summed E-state index contributed by atoms with van der Waals surface area (Å²) in [5, 5.41) is 8.07. The first-order chi connectivity index (χ1) is 20.8. The fourth-order valence-electron chi connectivity index (χ4n) is 6.73. The number of hydrogen-bond acceptors (Lipinski definition) is 2. The van der Waals surface area contributed by atoms with Crippen molar-refractivity contribution >= 4 is 54.5 Å². The van der Waals surface area contributed by atoms with E-state index in [9.17, 15) is 0 Å². The van der Waals surface area contributed by atoms with E-state index in [0.717, 1.165) is 38.5 Å². The minimum Gasteiger partial charge on any atom is -0.464 e. The Labute approximate surface area is 242 Å². The van der Waals surface area contributed by atoms with Gasteiger partial charge in [-0.1, -0.05) is 115 Å². The molecule has 0 saturated heterocycles. The number of rotatable bonds is 3. The number of hydrogen-bond donors (Lipinski definition) is 0. The third-order valence-electron chi connectivity index (χ3n) is 8.56. The molecule has 0 radical (unpaired) electrons. The fourth-order valence-corrected chi connectivity index (χ4v) is 6.73. The highest BCUT2D eigenvalue weighted by atomic mass is 16.3. The molecule has 0 fully saturated rings. The molecule has 0 spiro atoms. The molecule has 2 aromatic heterocycles. The summed E-state index contributed by atoms with van der Waals surface area (Å²) in [5.41, 5.74) is 9.81. The average Bonchev–Trinajstić information content (AvgIpc) is 3.69. The maximum absolute atomic E-state index is 6.40. The summed E-state index contributed by atoms with van der Waals surface area (Å²) in [6.07, 6.45) is 1.76. The van der Waals surface area contributed by atoms with Crippen molar-refractivity contribution in [3.63, 3.8) is 0 Å². The van der Waals surface area contributed by atoms with E-state index < -0.39 is 0 Å². The van der Waals surface area contributed by atoms with Gasteiger partial charge in [-0.3, -0.25) is 0 Å². The van der Waals surface area contributed by atoms with Gasteiger partial charge in [0.25, 0.3) is 0 Å². The Kier molecular flexibility index (Phi) is 4.93. The van der Waals surface area contributed by atoms with Crippen molar-refractivity contribution in [3.05, 3.63) is 146 Å². The van der Waals surface area contributed by atoms with Crippen molar-refractivity contribution in [3.8, 4) is 33.4 Å². The van der Waals surface area contributed by atoms with Crippen molar-refractivity contribution in [2.24, 2.45) is 0 Å². The second-order valence-electron chi connectivity index (χ2n) is 10.8. The quantitative estimate of drug-likeness (QED) is 0.210. The first-order valence-electron chi connectivity index (χ1n) is 14.3. The summed E-state index contributed by atoms with van der Waals surface area (Å²) in [7, 11) is 0. The van der Waals surface area contributed by atoms with Crippen LogP contribution in [0, 0.1) is 0 Å². The molecule has 2 heterocycles. The van der Waals surface area contributed by atoms with Gasteiger partial charge in [0, 0.05) is 10.8 Å². The van der Waals surface area contributed by atoms with Gasteiger partial charge in [-0.25, -0.2) is 0 Å². The fraction of sp³-hybridized carbons (Fsp3) is 0. The van der Waals surface area contributed by atoms with Gasteiger partial charge in [0.2, 0.25) is 0 Å². The summed E-state index contributed by atoms with van der Waals surface area (Å²) in [6.45, 7) is 0. The van der Waals surface area contributed by atoms with E-state index in [2.05, 4.69) is 133 Å². The van der Waals surface area contributed by atoms with Crippen LogP contribution in [0.1, 0.15) is 0 Å². The third-order valence-corrected chi connectivity index (χ3v) is 8.56. The van der Waals surface area contributed by atoms with Gasteiger partial charge in [0.15, 0.2) is 0 Å². The van der Waals surface area contributed by atoms with Crippen LogP contribution >= 0.6 is 0 Å². The minimum atomic E-state index is 0.837. The maximum Gasteiger partial charge on any atom is 0.145 e. The number of fused-ring (bicyclic) bond motifs is 7. The monoisotopic (exact) mass is 536 g/mol. The summed E-state index contributed by atoms with van der Waals surface area (Å²) >= 11 is 0. The molecule has 0 aliphatic heterocycles. The van der Waals surface area contributed by atoms with E-state index >= 15 is 0 Å². The van der Waals surface area contributed by atoms with Crippen LogP contribution in [0.3, 0.4) is 0 Å². The largest absolute Gasteiger partial charge is 0.464 e. The van der Waals surface area contributed by atoms with Crippen molar-refractivity contribution in [2.75, 3.05) is 0 Å². The van der Waals surface area contributed by atoms with E-state index in [-0.39, 0.29) is 0 Å². The van der Waals surface area contributed by atoms with Crippen molar-refractivity contribution < 1.29 is 8.83 Å². The Balaban J connectivity index is 1.38. The summed E-state index contributed by atoms with van der Waals surface area (Å²) in [6, 6.07) is 49.6. The standard InChI is InChI=1S/C40H24O2/c1-2-9-25(10-3-1)26-17-19-27(20-18-26)36-29-11-4-6-13-31(29)37(32-14-7-5-12-30(32)36)33-15-8-16-34-38(33)39-35(42-34)22-21-28-23-24-41-40(28)39/h1-24H. The lowest BCUT2D eigenvalue weighted by atomic mass is 9.84. The first-order valence-corrected chi connectivity index (χ1v) is 14.3. The molecule has 2 heteroatoms. The molecule has 196 valence electrons. The molecule has 0 saturated carbocycles. The zero-order chi connectivity index (χ0) is 27.6. The molecule has 9 rings (SSSR count). The van der Waals surface area contributed by atoms with Crippen LogP contribution in [0.5, 0.6) is 0 Å². The first kappa shape index (κ1) is 23.1. The molecule has 0 bridgehead atoms. The van der Waals surface area contributed by atoms with E-state index in [4.69, 9.17) is 8.83 Å². The normalized spacial score (nSPS) is 11.8. The zero-order valence-electron chi connectivity index (χ0n) is 22.7. The highest BCUT2D eigenvalue weighted by molar-refractivity contribution is 6.27. The van der Waals surface area contributed by atoms with E-state index in [1.165, 1.54) is 49.4 Å². The Morgan fingerprint density at radius 3 is 1.69 bits per heavy atom. The van der Waals surface area contributed by atoms with Gasteiger partial charge < -0.3 is 8.83 Å². The van der Waals surface area contributed by atoms with E-state index in [1.807, 2.05) is 6.07 Å². The molecule has 42 heavy (non-hydrogen) atoms. The highest BCUT2D eigenvalue weighted by Crippen LogP contribution is 2.47. The topological polar surface area (TPSA) is 26.3 Å². The minimum absolute atomic E-state index is 0.837. The molecule has 0 atom stereocenters. The molecule has 0 N–H and O–H groups in total. The second-order valence-corrected chi connectivity index (χ2v) is 10.8. The molecule has 0 aliphatic carbocycles. The van der Waals surface area contributed by atoms with Crippen LogP contribution in [0.4, 0.5) is 0 Å². The number of benzene rings is 7. The predicted molar refractivity (Wildman–Crippen MR) is 175 cm³/mol. The molecule has 9 aromatic rings. The Hall–Kier alpha value is -5.60. The lowest BCUT2D eigenvalue weighted by molar-refractivity contribution is 0.618. The summed E-state index contributed by atoms with van der Waals surface area (Å²) < 4.78 is 12.4. The Morgan fingerprint density at radius 2 is 0.976 bits per heavy atom. The van der Waals surface area contributed by atoms with Gasteiger partial charge in [0.05, 0.1) is 11.6 Å². The van der Waals surface area contributed by atoms with Crippen LogP contribution < -0.4 is 0 Å². The lowest BCUT2D eigenvalue weighted by Gasteiger charge is -2.18. The SMILES string of the molecule is c1ccc(-c2ccc(-c3c4ccccc4c(-c4cccc5oc6ccc7ccoc7c6c45)c4ccccc34)cc2)cc1. The van der Waals surface area contributed by atoms with E-state index in [0.29, 0.717) is 0 Å². The van der Waals surface area contributed by atoms with Gasteiger partial charge in [-0.05, 0) is 79.2 Å². The summed E-state index contributed by atoms with van der Waals surface area (Å²) in [4.78, 5) is 0. The highest BCUT2D eigenvalue weighted by Gasteiger charge is 2.21. The second kappa shape index (κ2) is 8.95. The Bertz CT molecular complexity index is 2380. The zero-order valence-corrected chi connectivity index (χ0v) is 22.7. The van der Waals surface area contributed by atoms with Crippen LogP contribution in [0.25, 0.3) is 87.8 Å². The predicted octanol–water partition coefficient (Wildman–Crippen LogP) is 11.6. The Morgan fingerprint density at radius 1 is 0.381 bits per heavy atom. The van der Waals surface area contributed by atoms with Crippen LogP contribution in [-0.4, -0.2) is 0 Å².